The van der Waals surface area contributed by atoms with Crippen molar-refractivity contribution < 1.29 is 14.1 Å². The number of rotatable bonds is 3. The van der Waals surface area contributed by atoms with Gasteiger partial charge in [-0.25, -0.2) is 4.79 Å². The van der Waals surface area contributed by atoms with Crippen molar-refractivity contribution in [2.24, 2.45) is 0 Å². The minimum atomic E-state index is -0.127. The van der Waals surface area contributed by atoms with E-state index in [1.54, 1.807) is 11.8 Å². The van der Waals surface area contributed by atoms with E-state index in [1.165, 1.54) is 5.56 Å². The molecule has 2 aliphatic heterocycles. The van der Waals surface area contributed by atoms with E-state index in [0.29, 0.717) is 24.8 Å². The van der Waals surface area contributed by atoms with Crippen molar-refractivity contribution in [1.29, 1.82) is 0 Å². The molecule has 2 aromatic rings. The first-order valence-corrected chi connectivity index (χ1v) is 8.80. The van der Waals surface area contributed by atoms with Crippen LogP contribution in [-0.2, 0) is 13.0 Å². The van der Waals surface area contributed by atoms with Gasteiger partial charge in [-0.1, -0.05) is 17.3 Å². The van der Waals surface area contributed by atoms with Crippen molar-refractivity contribution in [1.82, 2.24) is 20.4 Å². The van der Waals surface area contributed by atoms with E-state index < -0.39 is 0 Å². The number of nitrogens with zero attached hydrogens (tertiary/aromatic N) is 3. The Hall–Kier alpha value is -2.57. The van der Waals surface area contributed by atoms with Gasteiger partial charge in [0.1, 0.15) is 11.8 Å². The highest BCUT2D eigenvalue weighted by atomic mass is 16.5. The maximum atomic E-state index is 12.6. The number of aromatic nitrogens is 2. The Morgan fingerprint density at radius 2 is 2.32 bits per heavy atom. The number of likely N-dealkylation sites (tertiary alicyclic amines) is 1. The zero-order valence-electron chi connectivity index (χ0n) is 14.3. The number of carbonyl (C=O) groups is 1. The number of nitrogens with one attached hydrogen (secondary N) is 1. The maximum Gasteiger partial charge on any atom is 0.318 e. The molecule has 0 aliphatic carbocycles. The molecule has 0 radical (unpaired) electrons. The van der Waals surface area contributed by atoms with Crippen LogP contribution in [0.1, 0.15) is 48.1 Å². The van der Waals surface area contributed by atoms with Crippen LogP contribution >= 0.6 is 0 Å². The first-order chi connectivity index (χ1) is 12.2. The van der Waals surface area contributed by atoms with Gasteiger partial charge in [-0.15, -0.1) is 0 Å². The lowest BCUT2D eigenvalue weighted by Crippen LogP contribution is -2.39. The predicted octanol–water partition coefficient (Wildman–Crippen LogP) is 2.75. The van der Waals surface area contributed by atoms with Gasteiger partial charge in [0.2, 0.25) is 5.89 Å². The van der Waals surface area contributed by atoms with E-state index in [-0.39, 0.29) is 12.1 Å². The Bertz CT molecular complexity index is 773. The Balaban J connectivity index is 1.40. The van der Waals surface area contributed by atoms with E-state index in [2.05, 4.69) is 21.5 Å². The largest absolute Gasteiger partial charge is 0.493 e. The van der Waals surface area contributed by atoms with Crippen LogP contribution in [0.15, 0.2) is 22.7 Å². The average Bonchev–Trinajstić information content (AvgIpc) is 3.28. The summed E-state index contributed by atoms with van der Waals surface area (Å²) in [6.45, 7) is 3.77. The van der Waals surface area contributed by atoms with Gasteiger partial charge in [0.25, 0.3) is 0 Å². The standard InChI is InChI=1S/C18H22N4O3/c1-12-20-17(25-21-12)15-5-2-8-22(15)18(23)19-11-13-6-7-16-14(10-13)4-3-9-24-16/h6-7,10,15H,2-5,8-9,11H2,1H3,(H,19,23)/t15-/m0/s1. The Morgan fingerprint density at radius 3 is 3.16 bits per heavy atom. The molecule has 1 atom stereocenters. The maximum absolute atomic E-state index is 12.6. The highest BCUT2D eigenvalue weighted by Crippen LogP contribution is 2.31. The summed E-state index contributed by atoms with van der Waals surface area (Å²) < 4.78 is 10.9. The Morgan fingerprint density at radius 1 is 1.40 bits per heavy atom. The van der Waals surface area contributed by atoms with E-state index in [4.69, 9.17) is 9.26 Å². The summed E-state index contributed by atoms with van der Waals surface area (Å²) in [4.78, 5) is 18.7. The molecule has 0 spiro atoms. The van der Waals surface area contributed by atoms with Crippen molar-refractivity contribution in [3.05, 3.63) is 41.0 Å². The molecule has 7 heteroatoms. The summed E-state index contributed by atoms with van der Waals surface area (Å²) in [6.07, 6.45) is 3.87. The molecule has 1 fully saturated rings. The lowest BCUT2D eigenvalue weighted by Gasteiger charge is -2.22. The van der Waals surface area contributed by atoms with Gasteiger partial charge < -0.3 is 19.5 Å². The highest BCUT2D eigenvalue weighted by Gasteiger charge is 2.33. The van der Waals surface area contributed by atoms with Gasteiger partial charge in [-0.2, -0.15) is 4.98 Å². The third-order valence-electron chi connectivity index (χ3n) is 4.76. The number of ether oxygens (including phenoxy) is 1. The second-order valence-corrected chi connectivity index (χ2v) is 6.58. The van der Waals surface area contributed by atoms with Crippen LogP contribution in [0.4, 0.5) is 4.79 Å². The number of hydrogen-bond donors (Lipinski definition) is 1. The molecule has 4 rings (SSSR count). The molecule has 1 aromatic carbocycles. The molecule has 1 aromatic heterocycles. The zero-order valence-corrected chi connectivity index (χ0v) is 14.3. The summed E-state index contributed by atoms with van der Waals surface area (Å²) in [6, 6.07) is 5.91. The highest BCUT2D eigenvalue weighted by molar-refractivity contribution is 5.75. The molecule has 1 saturated heterocycles. The van der Waals surface area contributed by atoms with Gasteiger partial charge in [-0.05, 0) is 49.8 Å². The van der Waals surface area contributed by atoms with E-state index in [1.807, 2.05) is 12.1 Å². The van der Waals surface area contributed by atoms with E-state index in [0.717, 1.165) is 43.6 Å². The van der Waals surface area contributed by atoms with Crippen molar-refractivity contribution in [3.63, 3.8) is 0 Å². The first-order valence-electron chi connectivity index (χ1n) is 8.80. The molecule has 132 valence electrons. The van der Waals surface area contributed by atoms with Gasteiger partial charge >= 0.3 is 6.03 Å². The lowest BCUT2D eigenvalue weighted by molar-refractivity contribution is 0.180. The zero-order chi connectivity index (χ0) is 17.2. The summed E-state index contributed by atoms with van der Waals surface area (Å²) in [5, 5.41) is 6.84. The van der Waals surface area contributed by atoms with Crippen LogP contribution < -0.4 is 10.1 Å². The summed E-state index contributed by atoms with van der Waals surface area (Å²) in [5.74, 6) is 2.09. The number of urea groups is 1. The first kappa shape index (κ1) is 15.9. The third kappa shape index (κ3) is 3.31. The summed E-state index contributed by atoms with van der Waals surface area (Å²) >= 11 is 0. The van der Waals surface area contributed by atoms with Gasteiger partial charge in [0, 0.05) is 13.1 Å². The number of fused-ring (bicyclic) bond motifs is 1. The molecule has 7 nitrogen and oxygen atoms in total. The minimum Gasteiger partial charge on any atom is -0.493 e. The van der Waals surface area contributed by atoms with Crippen LogP contribution in [0, 0.1) is 6.92 Å². The lowest BCUT2D eigenvalue weighted by atomic mass is 10.0. The van der Waals surface area contributed by atoms with Crippen molar-refractivity contribution >= 4 is 6.03 Å². The molecule has 0 unspecified atom stereocenters. The van der Waals surface area contributed by atoms with Crippen LogP contribution in [0.2, 0.25) is 0 Å². The smallest absolute Gasteiger partial charge is 0.318 e. The van der Waals surface area contributed by atoms with Crippen molar-refractivity contribution in [2.75, 3.05) is 13.2 Å². The number of amides is 2. The monoisotopic (exact) mass is 342 g/mol. The average molecular weight is 342 g/mol. The van der Waals surface area contributed by atoms with Crippen LogP contribution in [0.25, 0.3) is 0 Å². The fourth-order valence-corrected chi connectivity index (χ4v) is 3.52. The van der Waals surface area contributed by atoms with Crippen molar-refractivity contribution in [3.8, 4) is 5.75 Å². The van der Waals surface area contributed by atoms with E-state index >= 15 is 0 Å². The SMILES string of the molecule is Cc1noc([C@@H]2CCCN2C(=O)NCc2ccc3c(c2)CCCO3)n1. The molecule has 0 bridgehead atoms. The van der Waals surface area contributed by atoms with Gasteiger partial charge in [0.15, 0.2) is 5.82 Å². The van der Waals surface area contributed by atoms with Crippen LogP contribution in [0.5, 0.6) is 5.75 Å². The third-order valence-corrected chi connectivity index (χ3v) is 4.76. The molecule has 1 N–H and O–H groups in total. The van der Waals surface area contributed by atoms with Gasteiger partial charge in [0.05, 0.1) is 6.61 Å². The fourth-order valence-electron chi connectivity index (χ4n) is 3.52. The molecular formula is C18H22N4O3. The summed E-state index contributed by atoms with van der Waals surface area (Å²) in [5.41, 5.74) is 2.31. The quantitative estimate of drug-likeness (QED) is 0.928. The number of aryl methyl sites for hydroxylation is 2. The predicted molar refractivity (Wildman–Crippen MR) is 90.2 cm³/mol. The molecule has 0 saturated carbocycles. The van der Waals surface area contributed by atoms with Gasteiger partial charge in [-0.3, -0.25) is 0 Å². The second kappa shape index (κ2) is 6.74. The van der Waals surface area contributed by atoms with Crippen molar-refractivity contribution in [2.45, 2.75) is 45.2 Å². The van der Waals surface area contributed by atoms with Crippen LogP contribution in [0.3, 0.4) is 0 Å². The minimum absolute atomic E-state index is 0.0904. The normalized spacial score (nSPS) is 19.4. The Kier molecular flexibility index (Phi) is 4.29. The molecule has 3 heterocycles. The molecule has 2 aliphatic rings. The second-order valence-electron chi connectivity index (χ2n) is 6.58. The fraction of sp³-hybridized carbons (Fsp3) is 0.500. The summed E-state index contributed by atoms with van der Waals surface area (Å²) in [7, 11) is 0. The number of benzene rings is 1. The topological polar surface area (TPSA) is 80.5 Å². The van der Waals surface area contributed by atoms with E-state index in [9.17, 15) is 4.79 Å². The van der Waals surface area contributed by atoms with Crippen LogP contribution in [-0.4, -0.2) is 34.2 Å². The number of hydrogen-bond acceptors (Lipinski definition) is 5. The number of carbonyl (C=O) groups excluding carboxylic acids is 1. The molecule has 2 amide bonds. The molecular weight excluding hydrogens is 320 g/mol. The molecule has 25 heavy (non-hydrogen) atoms. The Labute approximate surface area is 146 Å².